The maximum Gasteiger partial charge on any atom is 0.246 e. The average molecular weight is 392 g/mol. The van der Waals surface area contributed by atoms with Gasteiger partial charge >= 0.3 is 0 Å². The van der Waals surface area contributed by atoms with E-state index in [0.29, 0.717) is 18.8 Å². The van der Waals surface area contributed by atoms with Crippen LogP contribution in [0.25, 0.3) is 0 Å². The average Bonchev–Trinajstić information content (AvgIpc) is 2.54. The van der Waals surface area contributed by atoms with E-state index >= 15 is 0 Å². The van der Waals surface area contributed by atoms with Crippen molar-refractivity contribution in [3.05, 3.63) is 18.2 Å². The van der Waals surface area contributed by atoms with Crippen LogP contribution in [-0.4, -0.2) is 44.9 Å². The number of sulfonamides is 1. The highest BCUT2D eigenvalue weighted by Gasteiger charge is 2.29. The Labute approximate surface area is 155 Å². The third-order valence-electron chi connectivity index (χ3n) is 3.89. The van der Waals surface area contributed by atoms with Gasteiger partial charge in [0.1, 0.15) is 10.6 Å². The lowest BCUT2D eigenvalue weighted by atomic mass is 10.2. The SMILES string of the molecule is COc1ccc(NC(=O)CC(C)N)cc1S(=O)(=O)N1CCCCC1.Cl. The zero-order chi connectivity index (χ0) is 17.7. The van der Waals surface area contributed by atoms with E-state index in [0.717, 1.165) is 19.3 Å². The highest BCUT2D eigenvalue weighted by Crippen LogP contribution is 2.31. The molecular formula is C16H26ClN3O4S. The lowest BCUT2D eigenvalue weighted by molar-refractivity contribution is -0.116. The van der Waals surface area contributed by atoms with Gasteiger partial charge in [-0.2, -0.15) is 4.31 Å². The number of piperidine rings is 1. The second-order valence-corrected chi connectivity index (χ2v) is 7.97. The highest BCUT2D eigenvalue weighted by molar-refractivity contribution is 7.89. The molecular weight excluding hydrogens is 366 g/mol. The summed E-state index contributed by atoms with van der Waals surface area (Å²) in [4.78, 5) is 11.9. The number of hydrogen-bond acceptors (Lipinski definition) is 5. The van der Waals surface area contributed by atoms with Gasteiger partial charge in [0, 0.05) is 31.2 Å². The number of anilines is 1. The van der Waals surface area contributed by atoms with Crippen LogP contribution in [0.1, 0.15) is 32.6 Å². The molecule has 1 saturated heterocycles. The van der Waals surface area contributed by atoms with Crippen molar-refractivity contribution in [2.75, 3.05) is 25.5 Å². The molecule has 1 aliphatic heterocycles. The number of halogens is 1. The summed E-state index contributed by atoms with van der Waals surface area (Å²) in [6.07, 6.45) is 2.91. The van der Waals surface area contributed by atoms with E-state index in [1.165, 1.54) is 17.5 Å². The first kappa shape index (κ1) is 21.7. The smallest absolute Gasteiger partial charge is 0.246 e. The first-order valence-electron chi connectivity index (χ1n) is 8.08. The van der Waals surface area contributed by atoms with Crippen LogP contribution in [-0.2, 0) is 14.8 Å². The number of carbonyl (C=O) groups is 1. The minimum atomic E-state index is -3.65. The number of nitrogens with one attached hydrogen (secondary N) is 1. The van der Waals surface area contributed by atoms with Crippen molar-refractivity contribution in [2.45, 2.75) is 43.5 Å². The van der Waals surface area contributed by atoms with Crippen LogP contribution < -0.4 is 15.8 Å². The van der Waals surface area contributed by atoms with Crippen LogP contribution in [0.15, 0.2) is 23.1 Å². The molecule has 7 nitrogen and oxygen atoms in total. The summed E-state index contributed by atoms with van der Waals surface area (Å²) in [6, 6.07) is 4.35. The Morgan fingerprint density at radius 1 is 1.32 bits per heavy atom. The summed E-state index contributed by atoms with van der Waals surface area (Å²) in [6.45, 7) is 2.75. The Morgan fingerprint density at radius 2 is 1.96 bits per heavy atom. The van der Waals surface area contributed by atoms with Crippen molar-refractivity contribution < 1.29 is 17.9 Å². The molecule has 0 radical (unpaired) electrons. The zero-order valence-electron chi connectivity index (χ0n) is 14.5. The van der Waals surface area contributed by atoms with Gasteiger partial charge in [-0.15, -0.1) is 12.4 Å². The van der Waals surface area contributed by atoms with Crippen LogP contribution in [0.4, 0.5) is 5.69 Å². The molecule has 0 bridgehead atoms. The number of nitrogens with zero attached hydrogens (tertiary/aromatic N) is 1. The van der Waals surface area contributed by atoms with Gasteiger partial charge < -0.3 is 15.8 Å². The van der Waals surface area contributed by atoms with Crippen molar-refractivity contribution in [3.63, 3.8) is 0 Å². The van der Waals surface area contributed by atoms with E-state index in [1.807, 2.05) is 0 Å². The number of rotatable bonds is 6. The lowest BCUT2D eigenvalue weighted by Crippen LogP contribution is -2.35. The van der Waals surface area contributed by atoms with Crippen molar-refractivity contribution in [2.24, 2.45) is 5.73 Å². The fourth-order valence-electron chi connectivity index (χ4n) is 2.70. The van der Waals surface area contributed by atoms with E-state index in [2.05, 4.69) is 5.32 Å². The highest BCUT2D eigenvalue weighted by atomic mass is 35.5. The number of amides is 1. The Hall–Kier alpha value is -1.35. The summed E-state index contributed by atoms with van der Waals surface area (Å²) in [5.41, 5.74) is 6.02. The van der Waals surface area contributed by atoms with Crippen molar-refractivity contribution in [1.29, 1.82) is 0 Å². The molecule has 1 fully saturated rings. The minimum absolute atomic E-state index is 0. The molecule has 0 aliphatic carbocycles. The van der Waals surface area contributed by atoms with Crippen LogP contribution in [0.5, 0.6) is 5.75 Å². The molecule has 1 heterocycles. The number of nitrogens with two attached hydrogens (primary N) is 1. The Bertz CT molecular complexity index is 689. The lowest BCUT2D eigenvalue weighted by Gasteiger charge is -2.26. The molecule has 1 unspecified atom stereocenters. The van der Waals surface area contributed by atoms with Gasteiger partial charge in [0.2, 0.25) is 15.9 Å². The molecule has 9 heteroatoms. The van der Waals surface area contributed by atoms with Crippen LogP contribution in [0.2, 0.25) is 0 Å². The van der Waals surface area contributed by atoms with Crippen LogP contribution in [0.3, 0.4) is 0 Å². The Morgan fingerprint density at radius 3 is 2.52 bits per heavy atom. The molecule has 25 heavy (non-hydrogen) atoms. The zero-order valence-corrected chi connectivity index (χ0v) is 16.2. The van der Waals surface area contributed by atoms with E-state index in [4.69, 9.17) is 10.5 Å². The minimum Gasteiger partial charge on any atom is -0.495 e. The fraction of sp³-hybridized carbons (Fsp3) is 0.562. The number of ether oxygens (including phenoxy) is 1. The van der Waals surface area contributed by atoms with Crippen molar-refractivity contribution >= 4 is 34.0 Å². The molecule has 142 valence electrons. The molecule has 1 aliphatic rings. The largest absolute Gasteiger partial charge is 0.495 e. The summed E-state index contributed by atoms with van der Waals surface area (Å²) in [5, 5.41) is 2.68. The molecule has 1 amide bonds. The summed E-state index contributed by atoms with van der Waals surface area (Å²) in [7, 11) is -2.22. The molecule has 1 aromatic carbocycles. The molecule has 1 aromatic rings. The summed E-state index contributed by atoms with van der Waals surface area (Å²) >= 11 is 0. The van der Waals surface area contributed by atoms with Gasteiger partial charge in [-0.25, -0.2) is 8.42 Å². The van der Waals surface area contributed by atoms with E-state index in [-0.39, 0.29) is 41.4 Å². The fourth-order valence-corrected chi connectivity index (χ4v) is 4.40. The second kappa shape index (κ2) is 9.38. The quantitative estimate of drug-likeness (QED) is 0.771. The van der Waals surface area contributed by atoms with Crippen molar-refractivity contribution in [3.8, 4) is 5.75 Å². The van der Waals surface area contributed by atoms with E-state index in [1.54, 1.807) is 19.1 Å². The number of methoxy groups -OCH3 is 1. The Balaban J connectivity index is 0.00000312. The summed E-state index contributed by atoms with van der Waals surface area (Å²) < 4.78 is 32.5. The van der Waals surface area contributed by atoms with Crippen LogP contribution in [0, 0.1) is 0 Å². The first-order valence-corrected chi connectivity index (χ1v) is 9.52. The van der Waals surface area contributed by atoms with Gasteiger partial charge in [-0.3, -0.25) is 4.79 Å². The normalized spacial score (nSPS) is 16.6. The van der Waals surface area contributed by atoms with Gasteiger partial charge in [0.25, 0.3) is 0 Å². The number of benzene rings is 1. The third kappa shape index (κ3) is 5.57. The molecule has 0 spiro atoms. The molecule has 0 saturated carbocycles. The van der Waals surface area contributed by atoms with Gasteiger partial charge in [0.15, 0.2) is 0 Å². The van der Waals surface area contributed by atoms with Gasteiger partial charge in [0.05, 0.1) is 7.11 Å². The maximum atomic E-state index is 12.9. The van der Waals surface area contributed by atoms with Crippen molar-refractivity contribution in [1.82, 2.24) is 4.31 Å². The Kier molecular flexibility index (Phi) is 8.14. The maximum absolute atomic E-state index is 12.9. The van der Waals surface area contributed by atoms with Gasteiger partial charge in [-0.05, 0) is 38.0 Å². The molecule has 3 N–H and O–H groups in total. The predicted octanol–water partition coefficient (Wildman–Crippen LogP) is 1.97. The predicted molar refractivity (Wildman–Crippen MR) is 99.7 cm³/mol. The number of carbonyl (C=O) groups excluding carboxylic acids is 1. The third-order valence-corrected chi connectivity index (χ3v) is 5.81. The standard InChI is InChI=1S/C16H25N3O4S.ClH/c1-12(17)10-16(20)18-13-6-7-14(23-2)15(11-13)24(21,22)19-8-4-3-5-9-19;/h6-7,11-12H,3-5,8-10,17H2,1-2H3,(H,18,20);1H. The molecule has 2 rings (SSSR count). The first-order chi connectivity index (χ1) is 11.3. The second-order valence-electron chi connectivity index (χ2n) is 6.06. The number of hydrogen-bond donors (Lipinski definition) is 2. The van der Waals surface area contributed by atoms with E-state index in [9.17, 15) is 13.2 Å². The van der Waals surface area contributed by atoms with E-state index < -0.39 is 10.0 Å². The topological polar surface area (TPSA) is 102 Å². The molecule has 1 atom stereocenters. The van der Waals surface area contributed by atoms with Crippen LogP contribution >= 0.6 is 12.4 Å². The molecule has 0 aromatic heterocycles. The summed E-state index contributed by atoms with van der Waals surface area (Å²) in [5.74, 6) is 0.0160. The van der Waals surface area contributed by atoms with Gasteiger partial charge in [-0.1, -0.05) is 6.42 Å². The monoisotopic (exact) mass is 391 g/mol.